The van der Waals surface area contributed by atoms with Gasteiger partial charge in [0, 0.05) is 27.2 Å². The minimum absolute atomic E-state index is 0.638. The van der Waals surface area contributed by atoms with Crippen molar-refractivity contribution in [2.75, 3.05) is 20.7 Å². The number of guanidine groups is 1. The average Bonchev–Trinajstić information content (AvgIpc) is 2.41. The topological polar surface area (TPSA) is 45.7 Å². The monoisotopic (exact) mass is 249 g/mol. The summed E-state index contributed by atoms with van der Waals surface area (Å²) in [5.74, 6) is 0.837. The smallest absolute Gasteiger partial charge is 0.191 e. The quantitative estimate of drug-likeness (QED) is 0.598. The number of rotatable bonds is 6. The highest BCUT2D eigenvalue weighted by molar-refractivity contribution is 5.79. The standard InChI is InChI=1S/C14H23N3O/c1-4-9-16-14(15-2)17-10-12-7-5-6-8-13(12)11-18-3/h5-8H,4,9-11H2,1-3H3,(H2,15,16,17). The molecule has 0 aromatic heterocycles. The summed E-state index contributed by atoms with van der Waals surface area (Å²) in [6, 6.07) is 8.26. The molecule has 0 aliphatic heterocycles. The number of nitrogens with one attached hydrogen (secondary N) is 2. The first-order chi connectivity index (χ1) is 8.81. The average molecular weight is 249 g/mol. The van der Waals surface area contributed by atoms with Gasteiger partial charge in [0.05, 0.1) is 6.61 Å². The molecule has 0 bridgehead atoms. The molecule has 100 valence electrons. The first-order valence-corrected chi connectivity index (χ1v) is 6.32. The number of hydrogen-bond acceptors (Lipinski definition) is 2. The molecule has 2 N–H and O–H groups in total. The van der Waals surface area contributed by atoms with E-state index in [0.717, 1.165) is 25.5 Å². The Labute approximate surface area is 109 Å². The lowest BCUT2D eigenvalue weighted by atomic mass is 10.1. The number of ether oxygens (including phenoxy) is 1. The van der Waals surface area contributed by atoms with Gasteiger partial charge in [0.2, 0.25) is 0 Å². The van der Waals surface area contributed by atoms with Crippen molar-refractivity contribution in [3.63, 3.8) is 0 Å². The lowest BCUT2D eigenvalue weighted by Gasteiger charge is -2.13. The molecule has 1 aromatic rings. The van der Waals surface area contributed by atoms with E-state index in [0.29, 0.717) is 6.61 Å². The van der Waals surface area contributed by atoms with E-state index in [1.54, 1.807) is 14.2 Å². The van der Waals surface area contributed by atoms with E-state index in [-0.39, 0.29) is 0 Å². The van der Waals surface area contributed by atoms with E-state index in [9.17, 15) is 0 Å². The summed E-state index contributed by atoms with van der Waals surface area (Å²) in [5.41, 5.74) is 2.44. The van der Waals surface area contributed by atoms with Crippen molar-refractivity contribution in [1.82, 2.24) is 10.6 Å². The van der Waals surface area contributed by atoms with Gasteiger partial charge in [-0.05, 0) is 17.5 Å². The van der Waals surface area contributed by atoms with E-state index in [1.165, 1.54) is 11.1 Å². The van der Waals surface area contributed by atoms with E-state index in [2.05, 4.69) is 34.7 Å². The van der Waals surface area contributed by atoms with Gasteiger partial charge in [0.1, 0.15) is 0 Å². The Balaban J connectivity index is 2.56. The molecule has 0 heterocycles. The molecule has 0 fully saturated rings. The van der Waals surface area contributed by atoms with Crippen LogP contribution < -0.4 is 10.6 Å². The van der Waals surface area contributed by atoms with Crippen molar-refractivity contribution >= 4 is 5.96 Å². The molecule has 1 aromatic carbocycles. The summed E-state index contributed by atoms with van der Waals surface area (Å²) in [7, 11) is 3.50. The van der Waals surface area contributed by atoms with Gasteiger partial charge in [-0.3, -0.25) is 4.99 Å². The van der Waals surface area contributed by atoms with Crippen LogP contribution in [0.1, 0.15) is 24.5 Å². The van der Waals surface area contributed by atoms with Crippen LogP contribution in [0.5, 0.6) is 0 Å². The van der Waals surface area contributed by atoms with Crippen molar-refractivity contribution in [2.24, 2.45) is 4.99 Å². The Morgan fingerprint density at radius 2 is 1.94 bits per heavy atom. The molecule has 0 spiro atoms. The van der Waals surface area contributed by atoms with Crippen molar-refractivity contribution in [3.8, 4) is 0 Å². The number of aliphatic imine (C=N–C) groups is 1. The van der Waals surface area contributed by atoms with Crippen molar-refractivity contribution < 1.29 is 4.74 Å². The van der Waals surface area contributed by atoms with Crippen molar-refractivity contribution in [2.45, 2.75) is 26.5 Å². The fourth-order valence-electron chi connectivity index (χ4n) is 1.67. The Bertz CT molecular complexity index is 377. The largest absolute Gasteiger partial charge is 0.380 e. The molecular formula is C14H23N3O. The van der Waals surface area contributed by atoms with Crippen LogP contribution in [0.15, 0.2) is 29.3 Å². The maximum absolute atomic E-state index is 5.19. The van der Waals surface area contributed by atoms with Gasteiger partial charge in [0.15, 0.2) is 5.96 Å². The van der Waals surface area contributed by atoms with Crippen LogP contribution in [0.25, 0.3) is 0 Å². The zero-order chi connectivity index (χ0) is 13.2. The van der Waals surface area contributed by atoms with E-state index in [4.69, 9.17) is 4.74 Å². The number of hydrogen-bond donors (Lipinski definition) is 2. The minimum Gasteiger partial charge on any atom is -0.380 e. The number of benzene rings is 1. The predicted molar refractivity (Wildman–Crippen MR) is 75.6 cm³/mol. The Morgan fingerprint density at radius 3 is 2.56 bits per heavy atom. The highest BCUT2D eigenvalue weighted by Crippen LogP contribution is 2.09. The first kappa shape index (κ1) is 14.5. The predicted octanol–water partition coefficient (Wildman–Crippen LogP) is 1.91. The maximum atomic E-state index is 5.19. The molecule has 1 rings (SSSR count). The van der Waals surface area contributed by atoms with Crippen LogP contribution in [0.2, 0.25) is 0 Å². The molecule has 0 radical (unpaired) electrons. The second kappa shape index (κ2) is 8.53. The molecule has 0 aliphatic rings. The van der Waals surface area contributed by atoms with Crippen LogP contribution in [-0.2, 0) is 17.9 Å². The van der Waals surface area contributed by atoms with Gasteiger partial charge in [-0.1, -0.05) is 31.2 Å². The van der Waals surface area contributed by atoms with Gasteiger partial charge in [0.25, 0.3) is 0 Å². The molecule has 4 nitrogen and oxygen atoms in total. The van der Waals surface area contributed by atoms with Crippen molar-refractivity contribution in [3.05, 3.63) is 35.4 Å². The third kappa shape index (κ3) is 4.75. The van der Waals surface area contributed by atoms with Crippen LogP contribution in [0.3, 0.4) is 0 Å². The van der Waals surface area contributed by atoms with Crippen LogP contribution in [0, 0.1) is 0 Å². The minimum atomic E-state index is 0.638. The maximum Gasteiger partial charge on any atom is 0.191 e. The Morgan fingerprint density at radius 1 is 1.22 bits per heavy atom. The third-order valence-electron chi connectivity index (χ3n) is 2.63. The van der Waals surface area contributed by atoms with E-state index < -0.39 is 0 Å². The Hall–Kier alpha value is -1.55. The highest BCUT2D eigenvalue weighted by atomic mass is 16.5. The summed E-state index contributed by atoms with van der Waals surface area (Å²) in [4.78, 5) is 4.18. The highest BCUT2D eigenvalue weighted by Gasteiger charge is 2.02. The van der Waals surface area contributed by atoms with Gasteiger partial charge in [-0.15, -0.1) is 0 Å². The SMILES string of the molecule is CCCNC(=NC)NCc1ccccc1COC. The fraction of sp³-hybridized carbons (Fsp3) is 0.500. The molecule has 0 saturated carbocycles. The lowest BCUT2D eigenvalue weighted by Crippen LogP contribution is -2.37. The zero-order valence-corrected chi connectivity index (χ0v) is 11.5. The number of methoxy groups -OCH3 is 1. The van der Waals surface area contributed by atoms with E-state index in [1.807, 2.05) is 12.1 Å². The summed E-state index contributed by atoms with van der Waals surface area (Å²) < 4.78 is 5.19. The summed E-state index contributed by atoms with van der Waals surface area (Å²) in [6.45, 7) is 4.45. The second-order valence-electron chi connectivity index (χ2n) is 4.05. The molecule has 0 atom stereocenters. The Kier molecular flexibility index (Phi) is 6.87. The fourth-order valence-corrected chi connectivity index (χ4v) is 1.67. The zero-order valence-electron chi connectivity index (χ0n) is 11.5. The van der Waals surface area contributed by atoms with Gasteiger partial charge >= 0.3 is 0 Å². The molecule has 0 unspecified atom stereocenters. The first-order valence-electron chi connectivity index (χ1n) is 6.32. The van der Waals surface area contributed by atoms with Gasteiger partial charge in [-0.2, -0.15) is 0 Å². The van der Waals surface area contributed by atoms with Crippen LogP contribution in [-0.4, -0.2) is 26.7 Å². The van der Waals surface area contributed by atoms with Crippen molar-refractivity contribution in [1.29, 1.82) is 0 Å². The third-order valence-corrected chi connectivity index (χ3v) is 2.63. The summed E-state index contributed by atoms with van der Waals surface area (Å²) in [6.07, 6.45) is 1.08. The normalized spacial score (nSPS) is 11.4. The second-order valence-corrected chi connectivity index (χ2v) is 4.05. The van der Waals surface area contributed by atoms with E-state index >= 15 is 0 Å². The number of nitrogens with zero attached hydrogens (tertiary/aromatic N) is 1. The van der Waals surface area contributed by atoms with Gasteiger partial charge < -0.3 is 15.4 Å². The van der Waals surface area contributed by atoms with Crippen LogP contribution >= 0.6 is 0 Å². The summed E-state index contributed by atoms with van der Waals surface area (Å²) in [5, 5.41) is 6.55. The molecule has 4 heteroatoms. The molecular weight excluding hydrogens is 226 g/mol. The lowest BCUT2D eigenvalue weighted by molar-refractivity contribution is 0.184. The molecule has 0 amide bonds. The van der Waals surface area contributed by atoms with Crippen LogP contribution in [0.4, 0.5) is 0 Å². The summed E-state index contributed by atoms with van der Waals surface area (Å²) >= 11 is 0. The molecule has 0 aliphatic carbocycles. The molecule has 18 heavy (non-hydrogen) atoms. The molecule has 0 saturated heterocycles. The van der Waals surface area contributed by atoms with Gasteiger partial charge in [-0.25, -0.2) is 0 Å².